The van der Waals surface area contributed by atoms with E-state index in [-0.39, 0.29) is 0 Å². The highest BCUT2D eigenvalue weighted by molar-refractivity contribution is 9.10. The molecule has 3 rings (SSSR count). The van der Waals surface area contributed by atoms with Crippen molar-refractivity contribution in [3.8, 4) is 0 Å². The Kier molecular flexibility index (Phi) is 4.82. The lowest BCUT2D eigenvalue weighted by atomic mass is 9.77. The fourth-order valence-corrected chi connectivity index (χ4v) is 4.14. The highest BCUT2D eigenvalue weighted by Gasteiger charge is 2.32. The molecular weight excluding hydrogens is 314 g/mol. The van der Waals surface area contributed by atoms with Crippen molar-refractivity contribution < 1.29 is 0 Å². The average Bonchev–Trinajstić information content (AvgIpc) is 3.22. The summed E-state index contributed by atoms with van der Waals surface area (Å²) in [6, 6.07) is 0.821. The van der Waals surface area contributed by atoms with Gasteiger partial charge < -0.3 is 5.32 Å². The van der Waals surface area contributed by atoms with Crippen molar-refractivity contribution in [1.82, 2.24) is 15.1 Å². The summed E-state index contributed by atoms with van der Waals surface area (Å²) in [5.41, 5.74) is 1.45. The molecule has 0 radical (unpaired) electrons. The second kappa shape index (κ2) is 6.61. The maximum Gasteiger partial charge on any atom is 0.0635 e. The summed E-state index contributed by atoms with van der Waals surface area (Å²) in [5, 5.41) is 8.32. The van der Waals surface area contributed by atoms with Gasteiger partial charge in [0.05, 0.1) is 16.4 Å². The molecule has 2 aliphatic carbocycles. The van der Waals surface area contributed by atoms with E-state index in [9.17, 15) is 0 Å². The number of halogens is 1. The predicted octanol–water partition coefficient (Wildman–Crippen LogP) is 4.08. The Morgan fingerprint density at radius 2 is 2.10 bits per heavy atom. The minimum Gasteiger partial charge on any atom is -0.314 e. The van der Waals surface area contributed by atoms with Crippen molar-refractivity contribution in [3.63, 3.8) is 0 Å². The Balaban J connectivity index is 1.75. The van der Waals surface area contributed by atoms with E-state index in [1.54, 1.807) is 0 Å². The van der Waals surface area contributed by atoms with Gasteiger partial charge in [-0.05, 0) is 60.5 Å². The first-order valence-corrected chi connectivity index (χ1v) is 9.03. The van der Waals surface area contributed by atoms with Crippen LogP contribution in [0.4, 0.5) is 0 Å². The van der Waals surface area contributed by atoms with Gasteiger partial charge in [0.1, 0.15) is 0 Å². The molecule has 1 aromatic heterocycles. The monoisotopic (exact) mass is 339 g/mol. The molecule has 0 aromatic carbocycles. The summed E-state index contributed by atoms with van der Waals surface area (Å²) in [5.74, 6) is 1.46. The van der Waals surface area contributed by atoms with E-state index in [0.29, 0.717) is 5.92 Å². The van der Waals surface area contributed by atoms with Gasteiger partial charge in [-0.3, -0.25) is 4.68 Å². The molecule has 0 amide bonds. The van der Waals surface area contributed by atoms with E-state index < -0.39 is 0 Å². The Labute approximate surface area is 130 Å². The first-order valence-electron chi connectivity index (χ1n) is 8.24. The van der Waals surface area contributed by atoms with Crippen LogP contribution >= 0.6 is 15.9 Å². The molecule has 2 atom stereocenters. The lowest BCUT2D eigenvalue weighted by molar-refractivity contribution is 0.281. The lowest BCUT2D eigenvalue weighted by Gasteiger charge is -2.32. The first kappa shape index (κ1) is 14.6. The zero-order valence-corrected chi connectivity index (χ0v) is 14.0. The van der Waals surface area contributed by atoms with Gasteiger partial charge in [0.15, 0.2) is 0 Å². The number of aryl methyl sites for hydroxylation is 1. The molecule has 2 unspecified atom stereocenters. The average molecular weight is 340 g/mol. The molecule has 0 aliphatic heterocycles. The maximum absolute atomic E-state index is 4.57. The molecule has 2 fully saturated rings. The number of hydrogen-bond acceptors (Lipinski definition) is 2. The van der Waals surface area contributed by atoms with Crippen LogP contribution in [0.5, 0.6) is 0 Å². The van der Waals surface area contributed by atoms with Crippen LogP contribution in [-0.4, -0.2) is 22.4 Å². The summed E-state index contributed by atoms with van der Waals surface area (Å²) in [7, 11) is 0. The molecule has 4 heteroatoms. The van der Waals surface area contributed by atoms with Crippen molar-refractivity contribution in [3.05, 3.63) is 16.4 Å². The molecule has 0 saturated heterocycles. The molecular formula is C16H26BrN3. The molecule has 1 heterocycles. The third-order valence-corrected chi connectivity index (χ3v) is 5.39. The standard InChI is InChI=1S/C16H26BrN3/c1-2-9-20-16(15(17)11-19-20)14-6-4-3-5-12(14)10-18-13-7-8-13/h11-14,18H,2-10H2,1H3. The third-order valence-electron chi connectivity index (χ3n) is 4.78. The molecule has 2 aliphatic rings. The number of nitrogens with one attached hydrogen (secondary N) is 1. The molecule has 0 bridgehead atoms. The number of aromatic nitrogens is 2. The molecule has 2 saturated carbocycles. The van der Waals surface area contributed by atoms with E-state index in [1.807, 2.05) is 6.20 Å². The molecule has 0 spiro atoms. The quantitative estimate of drug-likeness (QED) is 0.846. The van der Waals surface area contributed by atoms with Crippen molar-refractivity contribution in [2.75, 3.05) is 6.54 Å². The zero-order chi connectivity index (χ0) is 13.9. The van der Waals surface area contributed by atoms with Crippen molar-refractivity contribution in [2.45, 2.75) is 70.4 Å². The molecule has 112 valence electrons. The zero-order valence-electron chi connectivity index (χ0n) is 12.4. The molecule has 1 N–H and O–H groups in total. The van der Waals surface area contributed by atoms with Crippen LogP contribution < -0.4 is 5.32 Å². The number of hydrogen-bond donors (Lipinski definition) is 1. The van der Waals surface area contributed by atoms with E-state index in [4.69, 9.17) is 0 Å². The SMILES string of the molecule is CCCn1ncc(Br)c1C1CCCCC1CNC1CC1. The van der Waals surface area contributed by atoms with Gasteiger partial charge in [-0.25, -0.2) is 0 Å². The van der Waals surface area contributed by atoms with E-state index in [1.165, 1.54) is 55.2 Å². The topological polar surface area (TPSA) is 29.9 Å². The first-order chi connectivity index (χ1) is 9.79. The van der Waals surface area contributed by atoms with Gasteiger partial charge in [0.2, 0.25) is 0 Å². The Morgan fingerprint density at radius 3 is 2.85 bits per heavy atom. The van der Waals surface area contributed by atoms with Crippen molar-refractivity contribution in [1.29, 1.82) is 0 Å². The highest BCUT2D eigenvalue weighted by atomic mass is 79.9. The normalized spacial score (nSPS) is 26.9. The number of nitrogens with zero attached hydrogens (tertiary/aromatic N) is 2. The second-order valence-corrected chi connectivity index (χ2v) is 7.29. The largest absolute Gasteiger partial charge is 0.314 e. The van der Waals surface area contributed by atoms with Gasteiger partial charge in [-0.1, -0.05) is 19.8 Å². The Bertz CT molecular complexity index is 439. The van der Waals surface area contributed by atoms with Crippen molar-refractivity contribution in [2.24, 2.45) is 5.92 Å². The molecule has 1 aromatic rings. The molecule has 20 heavy (non-hydrogen) atoms. The summed E-state index contributed by atoms with van der Waals surface area (Å²) in [6.07, 6.45) is 11.4. The summed E-state index contributed by atoms with van der Waals surface area (Å²) in [6.45, 7) is 4.46. The van der Waals surface area contributed by atoms with Gasteiger partial charge >= 0.3 is 0 Å². The van der Waals surface area contributed by atoms with Crippen molar-refractivity contribution >= 4 is 15.9 Å². The second-order valence-electron chi connectivity index (χ2n) is 6.43. The third kappa shape index (κ3) is 3.28. The summed E-state index contributed by atoms with van der Waals surface area (Å²) in [4.78, 5) is 0. The Hall–Kier alpha value is -0.350. The minimum atomic E-state index is 0.679. The van der Waals surface area contributed by atoms with Crippen LogP contribution in [0.25, 0.3) is 0 Å². The Morgan fingerprint density at radius 1 is 1.30 bits per heavy atom. The van der Waals surface area contributed by atoms with E-state index >= 15 is 0 Å². The smallest absolute Gasteiger partial charge is 0.0635 e. The maximum atomic E-state index is 4.57. The van der Waals surface area contributed by atoms with Crippen LogP contribution in [0.1, 0.15) is 63.5 Å². The summed E-state index contributed by atoms with van der Waals surface area (Å²) >= 11 is 3.74. The molecule has 3 nitrogen and oxygen atoms in total. The van der Waals surface area contributed by atoms with Crippen LogP contribution in [0.2, 0.25) is 0 Å². The van der Waals surface area contributed by atoms with Gasteiger partial charge in [-0.15, -0.1) is 0 Å². The number of rotatable bonds is 6. The lowest BCUT2D eigenvalue weighted by Crippen LogP contribution is -2.32. The van der Waals surface area contributed by atoms with Crippen LogP contribution in [-0.2, 0) is 6.54 Å². The van der Waals surface area contributed by atoms with Gasteiger partial charge in [0.25, 0.3) is 0 Å². The van der Waals surface area contributed by atoms with Crippen LogP contribution in [0, 0.1) is 5.92 Å². The van der Waals surface area contributed by atoms with Crippen LogP contribution in [0.15, 0.2) is 10.7 Å². The van der Waals surface area contributed by atoms with Gasteiger partial charge in [0, 0.05) is 18.5 Å². The van der Waals surface area contributed by atoms with E-state index in [0.717, 1.165) is 24.9 Å². The summed E-state index contributed by atoms with van der Waals surface area (Å²) < 4.78 is 3.46. The highest BCUT2D eigenvalue weighted by Crippen LogP contribution is 2.40. The fourth-order valence-electron chi connectivity index (χ4n) is 3.55. The minimum absolute atomic E-state index is 0.679. The van der Waals surface area contributed by atoms with E-state index in [2.05, 4.69) is 38.0 Å². The fraction of sp³-hybridized carbons (Fsp3) is 0.812. The predicted molar refractivity (Wildman–Crippen MR) is 85.9 cm³/mol. The van der Waals surface area contributed by atoms with Gasteiger partial charge in [-0.2, -0.15) is 5.10 Å². The van der Waals surface area contributed by atoms with Crippen LogP contribution in [0.3, 0.4) is 0 Å².